The number of imide groups is 1. The van der Waals surface area contributed by atoms with E-state index in [1.165, 1.54) is 16.6 Å². The molecular weight excluding hydrogens is 811 g/mol. The standard InChI is InChI=1S/C45H52F2N12O4/c1-2-45(63)19-15-28-3-13-38(53-40(28)45)59-41-35(43(62)58(59)24-18-37(46)47)25-50-44(55-41)52-32-6-4-29(5-7-32)48-20-21-49-30-16-22-56(23-17-30)34-26-57(27-34)33-10-8-31(9-11-33)51-36-12-14-39(60)54-42(36)61/h3-11,13,18,25,30,34,36,48-49,51,63H,2,12,14-17,19-24,26-27H2,1H3,(H,50,52,55)(H,54,60,61)/t36?,45-/m1/s1. The van der Waals surface area contributed by atoms with Crippen LogP contribution in [0.5, 0.6) is 0 Å². The van der Waals surface area contributed by atoms with Gasteiger partial charge in [0.25, 0.3) is 11.6 Å². The number of carbonyl (C=O) groups is 2. The zero-order chi connectivity index (χ0) is 43.7. The maximum atomic E-state index is 13.5. The fourth-order valence-electron chi connectivity index (χ4n) is 9.10. The van der Waals surface area contributed by atoms with Crippen molar-refractivity contribution >= 4 is 51.5 Å². The molecule has 63 heavy (non-hydrogen) atoms. The fraction of sp³-hybridized carbons (Fsp3) is 0.422. The number of benzene rings is 2. The lowest BCUT2D eigenvalue weighted by Gasteiger charge is -2.48. The number of aryl methyl sites for hydroxylation is 1. The quantitative estimate of drug-likeness (QED) is 0.0634. The molecule has 4 aliphatic rings. The summed E-state index contributed by atoms with van der Waals surface area (Å²) in [4.78, 5) is 55.8. The molecule has 0 spiro atoms. The molecule has 0 bridgehead atoms. The minimum absolute atomic E-state index is 0.147. The summed E-state index contributed by atoms with van der Waals surface area (Å²) < 4.78 is 29.1. The van der Waals surface area contributed by atoms with E-state index in [9.17, 15) is 28.3 Å². The Hall–Kier alpha value is -6.24. The van der Waals surface area contributed by atoms with Crippen molar-refractivity contribution in [3.8, 4) is 5.82 Å². The van der Waals surface area contributed by atoms with Gasteiger partial charge in [-0.15, -0.1) is 0 Å². The van der Waals surface area contributed by atoms with Crippen LogP contribution in [-0.4, -0.2) is 104 Å². The highest BCUT2D eigenvalue weighted by Crippen LogP contribution is 2.38. The predicted octanol–water partition coefficient (Wildman–Crippen LogP) is 4.62. The van der Waals surface area contributed by atoms with Crippen LogP contribution in [0.2, 0.25) is 0 Å². The molecule has 6 heterocycles. The predicted molar refractivity (Wildman–Crippen MR) is 237 cm³/mol. The van der Waals surface area contributed by atoms with Gasteiger partial charge in [-0.2, -0.15) is 13.8 Å². The van der Waals surface area contributed by atoms with Gasteiger partial charge in [0.2, 0.25) is 17.8 Å². The van der Waals surface area contributed by atoms with Crippen molar-refractivity contribution in [2.45, 2.75) is 82.1 Å². The molecule has 5 aromatic rings. The summed E-state index contributed by atoms with van der Waals surface area (Å²) in [7, 11) is 0. The number of likely N-dealkylation sites (tertiary alicyclic amines) is 1. The number of hydrogen-bond donors (Lipinski definition) is 6. The first-order valence-corrected chi connectivity index (χ1v) is 21.8. The van der Waals surface area contributed by atoms with Crippen molar-refractivity contribution < 1.29 is 23.5 Å². The molecule has 3 saturated heterocycles. The number of carbonyl (C=O) groups excluding carboxylic acids is 2. The summed E-state index contributed by atoms with van der Waals surface area (Å²) in [6, 6.07) is 20.1. The Morgan fingerprint density at radius 2 is 1.67 bits per heavy atom. The van der Waals surface area contributed by atoms with Gasteiger partial charge in [-0.1, -0.05) is 13.0 Å². The van der Waals surface area contributed by atoms with Crippen molar-refractivity contribution in [3.05, 3.63) is 101 Å². The number of nitrogens with one attached hydrogen (secondary N) is 5. The zero-order valence-corrected chi connectivity index (χ0v) is 35.1. The molecule has 9 rings (SSSR count). The van der Waals surface area contributed by atoms with Crippen molar-refractivity contribution in [2.24, 2.45) is 0 Å². The molecule has 0 radical (unpaired) electrons. The van der Waals surface area contributed by atoms with Crippen LogP contribution >= 0.6 is 0 Å². The summed E-state index contributed by atoms with van der Waals surface area (Å²) >= 11 is 0. The van der Waals surface area contributed by atoms with E-state index < -0.39 is 23.8 Å². The van der Waals surface area contributed by atoms with E-state index in [0.717, 1.165) is 79.4 Å². The molecule has 3 aromatic heterocycles. The summed E-state index contributed by atoms with van der Waals surface area (Å²) in [5, 5.41) is 27.4. The minimum atomic E-state index is -1.91. The van der Waals surface area contributed by atoms with E-state index in [0.29, 0.717) is 56.0 Å². The molecule has 1 aliphatic carbocycles. The number of piperidine rings is 2. The lowest BCUT2D eigenvalue weighted by Crippen LogP contribution is -2.61. The maximum absolute atomic E-state index is 13.5. The number of aromatic nitrogens is 5. The Morgan fingerprint density at radius 3 is 2.40 bits per heavy atom. The third kappa shape index (κ3) is 9.01. The van der Waals surface area contributed by atoms with Crippen LogP contribution in [0.1, 0.15) is 56.7 Å². The molecule has 1 unspecified atom stereocenters. The molecule has 2 atom stereocenters. The van der Waals surface area contributed by atoms with Crippen LogP contribution in [0.25, 0.3) is 16.9 Å². The monoisotopic (exact) mass is 862 g/mol. The molecule has 2 amide bonds. The fourth-order valence-corrected chi connectivity index (χ4v) is 9.10. The Morgan fingerprint density at radius 1 is 0.921 bits per heavy atom. The Labute approximate surface area is 362 Å². The summed E-state index contributed by atoms with van der Waals surface area (Å²) in [5.41, 5.74) is 3.70. The van der Waals surface area contributed by atoms with E-state index in [1.54, 1.807) is 6.07 Å². The summed E-state index contributed by atoms with van der Waals surface area (Å²) in [6.45, 7) is 7.20. The highest BCUT2D eigenvalue weighted by Gasteiger charge is 2.38. The molecule has 2 aromatic carbocycles. The minimum Gasteiger partial charge on any atom is -0.384 e. The van der Waals surface area contributed by atoms with Crippen LogP contribution in [0.15, 0.2) is 83.8 Å². The highest BCUT2D eigenvalue weighted by atomic mass is 19.3. The molecule has 330 valence electrons. The number of allylic oxidation sites excluding steroid dienone is 1. The molecular formula is C45H52F2N12O4. The van der Waals surface area contributed by atoms with Crippen LogP contribution in [0, 0.1) is 0 Å². The van der Waals surface area contributed by atoms with Gasteiger partial charge in [-0.25, -0.2) is 19.3 Å². The SMILES string of the molecule is CC[C@@]1(O)CCc2ccc(-n3c4nc(Nc5ccc(NCCNC6CCN(C7CN(c8ccc(NC9CCC(=O)NC9=O)cc8)C7)CC6)cc5)ncc4c(=O)n3CC=C(F)F)nc21. The number of halogens is 2. The summed E-state index contributed by atoms with van der Waals surface area (Å²) in [5.74, 6) is 0.0145. The Balaban J connectivity index is 0.737. The number of aliphatic hydroxyl groups is 1. The van der Waals surface area contributed by atoms with Gasteiger partial charge in [0.15, 0.2) is 11.5 Å². The van der Waals surface area contributed by atoms with Gasteiger partial charge in [-0.05, 0) is 98.7 Å². The van der Waals surface area contributed by atoms with Crippen LogP contribution < -0.4 is 37.0 Å². The lowest BCUT2D eigenvalue weighted by molar-refractivity contribution is -0.133. The van der Waals surface area contributed by atoms with Crippen LogP contribution in [0.4, 0.5) is 37.5 Å². The number of hydrogen-bond acceptors (Lipinski definition) is 13. The van der Waals surface area contributed by atoms with E-state index in [1.807, 2.05) is 49.4 Å². The van der Waals surface area contributed by atoms with Gasteiger partial charge < -0.3 is 31.3 Å². The molecule has 3 fully saturated rings. The van der Waals surface area contributed by atoms with Crippen molar-refractivity contribution in [2.75, 3.05) is 60.1 Å². The number of anilines is 5. The first-order valence-electron chi connectivity index (χ1n) is 21.8. The van der Waals surface area contributed by atoms with Crippen molar-refractivity contribution in [3.63, 3.8) is 0 Å². The second-order valence-corrected chi connectivity index (χ2v) is 16.8. The summed E-state index contributed by atoms with van der Waals surface area (Å²) in [6.07, 6.45) is 4.85. The molecule has 18 heteroatoms. The van der Waals surface area contributed by atoms with E-state index in [4.69, 9.17) is 4.98 Å². The van der Waals surface area contributed by atoms with Gasteiger partial charge in [-0.3, -0.25) is 24.6 Å². The third-order valence-electron chi connectivity index (χ3n) is 12.9. The van der Waals surface area contributed by atoms with Gasteiger partial charge in [0.1, 0.15) is 17.0 Å². The Kier molecular flexibility index (Phi) is 11.9. The van der Waals surface area contributed by atoms with Crippen molar-refractivity contribution in [1.82, 2.24) is 39.8 Å². The second-order valence-electron chi connectivity index (χ2n) is 16.8. The number of rotatable bonds is 15. The Bertz CT molecular complexity index is 2560. The molecule has 16 nitrogen and oxygen atoms in total. The van der Waals surface area contributed by atoms with Crippen molar-refractivity contribution in [1.29, 1.82) is 0 Å². The molecule has 6 N–H and O–H groups in total. The average molecular weight is 863 g/mol. The van der Waals surface area contributed by atoms with Gasteiger partial charge >= 0.3 is 0 Å². The number of pyridine rings is 1. The largest absolute Gasteiger partial charge is 0.384 e. The zero-order valence-electron chi connectivity index (χ0n) is 35.1. The second kappa shape index (κ2) is 17.9. The maximum Gasteiger partial charge on any atom is 0.278 e. The molecule has 0 saturated carbocycles. The lowest BCUT2D eigenvalue weighted by atomic mass is 9.98. The topological polar surface area (TPSA) is 187 Å². The van der Waals surface area contributed by atoms with Gasteiger partial charge in [0, 0.05) is 92.8 Å². The van der Waals surface area contributed by atoms with Crippen LogP contribution in [-0.2, 0) is 28.2 Å². The smallest absolute Gasteiger partial charge is 0.278 e. The number of fused-ring (bicyclic) bond motifs is 2. The first-order chi connectivity index (χ1) is 30.5. The average Bonchev–Trinajstić information content (AvgIpc) is 3.75. The third-order valence-corrected chi connectivity index (χ3v) is 12.9. The first kappa shape index (κ1) is 42.1. The van der Waals surface area contributed by atoms with E-state index in [2.05, 4.69) is 58.5 Å². The highest BCUT2D eigenvalue weighted by molar-refractivity contribution is 6.01. The van der Waals surface area contributed by atoms with E-state index in [-0.39, 0.29) is 40.7 Å². The number of amides is 2. The normalized spacial score (nSPS) is 20.6. The van der Waals surface area contributed by atoms with Gasteiger partial charge in [0.05, 0.1) is 12.2 Å². The molecule has 3 aliphatic heterocycles. The van der Waals surface area contributed by atoms with Crippen LogP contribution in [0.3, 0.4) is 0 Å². The van der Waals surface area contributed by atoms with E-state index >= 15 is 0 Å². The number of nitrogens with zero attached hydrogens (tertiary/aromatic N) is 7.